The Morgan fingerprint density at radius 2 is 2.03 bits per heavy atom. The smallest absolute Gasteiger partial charge is 0.317 e. The predicted molar refractivity (Wildman–Crippen MR) is 135 cm³/mol. The molecule has 3 aromatic rings. The second-order valence-electron chi connectivity index (χ2n) is 9.73. The Morgan fingerprint density at radius 3 is 2.81 bits per heavy atom. The molecule has 0 radical (unpaired) electrons. The number of hydrogen-bond acceptors (Lipinski definition) is 6. The van der Waals surface area contributed by atoms with Crippen LogP contribution in [0.5, 0.6) is 5.75 Å². The summed E-state index contributed by atoms with van der Waals surface area (Å²) < 4.78 is 11.3. The Balaban J connectivity index is 1.40. The molecule has 0 unspecified atom stereocenters. The van der Waals surface area contributed by atoms with E-state index >= 15 is 0 Å². The Labute approximate surface area is 211 Å². The van der Waals surface area contributed by atoms with Crippen molar-refractivity contribution >= 4 is 6.03 Å². The first kappa shape index (κ1) is 23.9. The van der Waals surface area contributed by atoms with Gasteiger partial charge in [0.2, 0.25) is 5.82 Å². The van der Waals surface area contributed by atoms with Crippen LogP contribution in [0.15, 0.2) is 40.9 Å². The number of nitrogens with one attached hydrogen (secondary N) is 1. The van der Waals surface area contributed by atoms with E-state index in [1.54, 1.807) is 12.1 Å². The fourth-order valence-electron chi connectivity index (χ4n) is 5.10. The molecule has 1 saturated heterocycles. The van der Waals surface area contributed by atoms with Crippen LogP contribution >= 0.6 is 0 Å². The standard InChI is InChI=1S/C28H31N5O3/c1-18(2)35-25-13-12-19(16-20(25)17-29)27-31-26(32-36-27)23-10-6-9-22-21(23)8-7-11-24(22)30-28(34)33-14-4-3-5-15-33/h6,9-10,12-13,16,18,24H,3-5,7-8,11,14-15H2,1-2H3,(H,30,34)/t24-/m0/s1. The number of urea groups is 1. The summed E-state index contributed by atoms with van der Waals surface area (Å²) in [6.07, 6.45) is 6.09. The van der Waals surface area contributed by atoms with Crippen molar-refractivity contribution in [3.8, 4) is 34.7 Å². The van der Waals surface area contributed by atoms with Crippen LogP contribution in [0.1, 0.15) is 68.7 Å². The van der Waals surface area contributed by atoms with E-state index in [2.05, 4.69) is 27.6 Å². The van der Waals surface area contributed by atoms with Crippen LogP contribution in [-0.2, 0) is 6.42 Å². The second-order valence-corrected chi connectivity index (χ2v) is 9.73. The molecule has 1 fully saturated rings. The van der Waals surface area contributed by atoms with Gasteiger partial charge in [-0.3, -0.25) is 0 Å². The lowest BCUT2D eigenvalue weighted by molar-refractivity contribution is 0.181. The summed E-state index contributed by atoms with van der Waals surface area (Å²) in [7, 11) is 0. The normalized spacial score (nSPS) is 17.4. The lowest BCUT2D eigenvalue weighted by Gasteiger charge is -2.32. The van der Waals surface area contributed by atoms with Gasteiger partial charge >= 0.3 is 6.03 Å². The van der Waals surface area contributed by atoms with E-state index in [1.807, 2.05) is 36.9 Å². The first-order valence-electron chi connectivity index (χ1n) is 12.8. The minimum absolute atomic E-state index is 0.0259. The maximum atomic E-state index is 12.9. The first-order valence-corrected chi connectivity index (χ1v) is 12.8. The fourth-order valence-corrected chi connectivity index (χ4v) is 5.10. The molecule has 0 saturated carbocycles. The van der Waals surface area contributed by atoms with Crippen LogP contribution in [0.4, 0.5) is 4.79 Å². The Hall–Kier alpha value is -3.86. The molecule has 1 aliphatic heterocycles. The highest BCUT2D eigenvalue weighted by atomic mass is 16.5. The monoisotopic (exact) mass is 485 g/mol. The van der Waals surface area contributed by atoms with Crippen LogP contribution in [0, 0.1) is 11.3 Å². The minimum Gasteiger partial charge on any atom is -0.490 e. The molecule has 2 amide bonds. The van der Waals surface area contributed by atoms with Crippen molar-refractivity contribution in [2.24, 2.45) is 0 Å². The third-order valence-electron chi connectivity index (χ3n) is 6.82. The number of nitriles is 1. The largest absolute Gasteiger partial charge is 0.490 e. The van der Waals surface area contributed by atoms with E-state index in [9.17, 15) is 10.1 Å². The number of amides is 2. The van der Waals surface area contributed by atoms with Crippen molar-refractivity contribution in [3.63, 3.8) is 0 Å². The number of carbonyl (C=O) groups is 1. The molecule has 186 valence electrons. The highest BCUT2D eigenvalue weighted by Crippen LogP contribution is 2.36. The molecule has 1 aliphatic carbocycles. The van der Waals surface area contributed by atoms with Gasteiger partial charge in [0.1, 0.15) is 11.8 Å². The first-order chi connectivity index (χ1) is 17.5. The Kier molecular flexibility index (Phi) is 6.90. The highest BCUT2D eigenvalue weighted by molar-refractivity contribution is 5.75. The summed E-state index contributed by atoms with van der Waals surface area (Å²) in [5.74, 6) is 1.39. The average molecular weight is 486 g/mol. The molecule has 8 heteroatoms. The molecule has 8 nitrogen and oxygen atoms in total. The van der Waals surface area contributed by atoms with E-state index in [-0.39, 0.29) is 18.2 Å². The van der Waals surface area contributed by atoms with Gasteiger partial charge in [-0.05, 0) is 81.7 Å². The van der Waals surface area contributed by atoms with Gasteiger partial charge in [0, 0.05) is 24.2 Å². The number of aromatic nitrogens is 2. The third-order valence-corrected chi connectivity index (χ3v) is 6.82. The summed E-state index contributed by atoms with van der Waals surface area (Å²) >= 11 is 0. The predicted octanol–water partition coefficient (Wildman–Crippen LogP) is 5.64. The molecule has 5 rings (SSSR count). The fraction of sp³-hybridized carbons (Fsp3) is 0.429. The summed E-state index contributed by atoms with van der Waals surface area (Å²) in [6.45, 7) is 5.50. The number of rotatable bonds is 5. The van der Waals surface area contributed by atoms with Crippen molar-refractivity contribution in [2.45, 2.75) is 64.5 Å². The quantitative estimate of drug-likeness (QED) is 0.502. The zero-order valence-electron chi connectivity index (χ0n) is 20.8. The molecule has 2 heterocycles. The highest BCUT2D eigenvalue weighted by Gasteiger charge is 2.27. The van der Waals surface area contributed by atoms with Crippen molar-refractivity contribution in [1.82, 2.24) is 20.4 Å². The van der Waals surface area contributed by atoms with E-state index in [0.717, 1.165) is 61.9 Å². The van der Waals surface area contributed by atoms with Gasteiger partial charge in [0.05, 0.1) is 17.7 Å². The van der Waals surface area contributed by atoms with E-state index in [1.165, 1.54) is 6.42 Å². The van der Waals surface area contributed by atoms with Crippen LogP contribution in [0.25, 0.3) is 22.8 Å². The molecule has 2 aliphatic rings. The summed E-state index contributed by atoms with van der Waals surface area (Å²) in [6, 6.07) is 13.6. The van der Waals surface area contributed by atoms with Crippen LogP contribution < -0.4 is 10.1 Å². The number of nitrogens with zero attached hydrogens (tertiary/aromatic N) is 4. The summed E-state index contributed by atoms with van der Waals surface area (Å²) in [5, 5.41) is 17.1. The van der Waals surface area contributed by atoms with Crippen molar-refractivity contribution < 1.29 is 14.1 Å². The SMILES string of the molecule is CC(C)Oc1ccc(-c2nc(-c3cccc4c3CCC[C@@H]4NC(=O)N3CCCCC3)no2)cc1C#N. The van der Waals surface area contributed by atoms with Gasteiger partial charge < -0.3 is 19.5 Å². The van der Waals surface area contributed by atoms with Gasteiger partial charge in [-0.2, -0.15) is 10.2 Å². The molecule has 2 aromatic carbocycles. The number of hydrogen-bond donors (Lipinski definition) is 1. The lowest BCUT2D eigenvalue weighted by atomic mass is 9.84. The maximum Gasteiger partial charge on any atom is 0.317 e. The van der Waals surface area contributed by atoms with Crippen LogP contribution in [0.2, 0.25) is 0 Å². The van der Waals surface area contributed by atoms with Crippen molar-refractivity contribution in [3.05, 3.63) is 53.1 Å². The molecular formula is C28H31N5O3. The third kappa shape index (κ3) is 4.92. The molecule has 1 N–H and O–H groups in total. The molecule has 1 aromatic heterocycles. The van der Waals surface area contributed by atoms with E-state index in [4.69, 9.17) is 9.26 Å². The molecule has 0 spiro atoms. The van der Waals surface area contributed by atoms with Gasteiger partial charge in [-0.15, -0.1) is 0 Å². The maximum absolute atomic E-state index is 12.9. The van der Waals surface area contributed by atoms with Crippen molar-refractivity contribution in [1.29, 1.82) is 5.26 Å². The number of benzene rings is 2. The van der Waals surface area contributed by atoms with Crippen LogP contribution in [-0.4, -0.2) is 40.3 Å². The molecule has 0 bridgehead atoms. The number of ether oxygens (including phenoxy) is 1. The number of carbonyl (C=O) groups excluding carboxylic acids is 1. The van der Waals surface area contributed by atoms with Gasteiger partial charge in [-0.25, -0.2) is 4.79 Å². The topological polar surface area (TPSA) is 104 Å². The zero-order chi connectivity index (χ0) is 25.1. The number of fused-ring (bicyclic) bond motifs is 1. The van der Waals surface area contributed by atoms with Gasteiger partial charge in [-0.1, -0.05) is 23.4 Å². The van der Waals surface area contributed by atoms with E-state index < -0.39 is 0 Å². The lowest BCUT2D eigenvalue weighted by Crippen LogP contribution is -2.44. The van der Waals surface area contributed by atoms with Gasteiger partial charge in [0.25, 0.3) is 5.89 Å². The number of piperidine rings is 1. The summed E-state index contributed by atoms with van der Waals surface area (Å²) in [5.41, 5.74) is 4.28. The van der Waals surface area contributed by atoms with Crippen LogP contribution in [0.3, 0.4) is 0 Å². The van der Waals surface area contributed by atoms with Crippen molar-refractivity contribution in [2.75, 3.05) is 13.1 Å². The summed E-state index contributed by atoms with van der Waals surface area (Å²) in [4.78, 5) is 19.5. The second kappa shape index (κ2) is 10.4. The van der Waals surface area contributed by atoms with Gasteiger partial charge in [0.15, 0.2) is 0 Å². The average Bonchev–Trinajstić information content (AvgIpc) is 3.39. The zero-order valence-corrected chi connectivity index (χ0v) is 20.8. The van der Waals surface area contributed by atoms with E-state index in [0.29, 0.717) is 28.6 Å². The molecule has 36 heavy (non-hydrogen) atoms. The molecule has 1 atom stereocenters. The molecular weight excluding hydrogens is 454 g/mol. The minimum atomic E-state index is -0.0318. The Bertz CT molecular complexity index is 1290. The number of likely N-dealkylation sites (tertiary alicyclic amines) is 1. The Morgan fingerprint density at radius 1 is 1.19 bits per heavy atom.